The van der Waals surface area contributed by atoms with E-state index >= 15 is 0 Å². The molecule has 0 aromatic carbocycles. The third-order valence-corrected chi connectivity index (χ3v) is 1.40. The summed E-state index contributed by atoms with van der Waals surface area (Å²) in [7, 11) is 0. The Hall–Kier alpha value is -1.58. The van der Waals surface area contributed by atoms with E-state index in [4.69, 9.17) is 5.73 Å². The smallest absolute Gasteiger partial charge is 0.250 e. The summed E-state index contributed by atoms with van der Waals surface area (Å²) < 4.78 is 0. The van der Waals surface area contributed by atoms with E-state index < -0.39 is 5.91 Å². The Morgan fingerprint density at radius 2 is 2.27 bits per heavy atom. The lowest BCUT2D eigenvalue weighted by Crippen LogP contribution is -2.16. The van der Waals surface area contributed by atoms with E-state index in [1.807, 2.05) is 0 Å². The van der Waals surface area contributed by atoms with Gasteiger partial charge in [-0.2, -0.15) is 0 Å². The number of rotatable bonds is 1. The van der Waals surface area contributed by atoms with Crippen LogP contribution in [0.5, 0.6) is 0 Å². The highest BCUT2D eigenvalue weighted by molar-refractivity contribution is 5.93. The first kappa shape index (κ1) is 7.53. The number of carbonyl (C=O) groups excluding carboxylic acids is 1. The van der Waals surface area contributed by atoms with Gasteiger partial charge in [-0.05, 0) is 12.5 Å². The number of nitrogens with two attached hydrogens (primary N) is 1. The van der Waals surface area contributed by atoms with Crippen molar-refractivity contribution < 1.29 is 4.79 Å². The minimum Gasteiger partial charge on any atom is -0.366 e. The normalized spacial score (nSPS) is 9.55. The molecule has 1 aromatic rings. The first-order chi connectivity index (χ1) is 5.11. The minimum atomic E-state index is -0.529. The molecule has 0 atom stereocenters. The van der Waals surface area contributed by atoms with Crippen LogP contribution in [0, 0.1) is 6.92 Å². The van der Waals surface area contributed by atoms with Gasteiger partial charge in [0.05, 0.1) is 5.56 Å². The molecule has 4 heteroatoms. The molecule has 3 N–H and O–H groups in total. The Bertz CT molecular complexity index is 341. The van der Waals surface area contributed by atoms with Crippen LogP contribution < -0.4 is 11.3 Å². The van der Waals surface area contributed by atoms with Crippen molar-refractivity contribution in [2.24, 2.45) is 5.73 Å². The maximum Gasteiger partial charge on any atom is 0.250 e. The Morgan fingerprint density at radius 3 is 2.73 bits per heavy atom. The molecule has 0 radical (unpaired) electrons. The number of nitrogens with one attached hydrogen (secondary N) is 1. The van der Waals surface area contributed by atoms with Crippen LogP contribution >= 0.6 is 0 Å². The fourth-order valence-corrected chi connectivity index (χ4v) is 0.839. The molecule has 1 amide bonds. The molecule has 0 aliphatic heterocycles. The number of amides is 1. The van der Waals surface area contributed by atoms with Crippen LogP contribution in [0.25, 0.3) is 0 Å². The summed E-state index contributed by atoms with van der Waals surface area (Å²) in [6.45, 7) is 1.66. The third kappa shape index (κ3) is 1.46. The van der Waals surface area contributed by atoms with Gasteiger partial charge in [-0.25, -0.2) is 0 Å². The second-order valence-electron chi connectivity index (χ2n) is 2.26. The van der Waals surface area contributed by atoms with Gasteiger partial charge in [0.15, 0.2) is 0 Å². The summed E-state index contributed by atoms with van der Waals surface area (Å²) in [5.74, 6) is -0.529. The Labute approximate surface area is 63.0 Å². The molecule has 0 fully saturated rings. The summed E-state index contributed by atoms with van der Waals surface area (Å²) in [5.41, 5.74) is 5.72. The number of hydrogen-bond acceptors (Lipinski definition) is 2. The predicted molar refractivity (Wildman–Crippen MR) is 40.3 cm³/mol. The number of aromatic amines is 1. The summed E-state index contributed by atoms with van der Waals surface area (Å²) in [6.07, 6.45) is 1.32. The van der Waals surface area contributed by atoms with Crippen molar-refractivity contribution in [1.29, 1.82) is 0 Å². The zero-order valence-corrected chi connectivity index (χ0v) is 6.05. The van der Waals surface area contributed by atoms with Crippen molar-refractivity contribution in [2.45, 2.75) is 6.92 Å². The van der Waals surface area contributed by atoms with E-state index in [2.05, 4.69) is 4.98 Å². The topological polar surface area (TPSA) is 75.9 Å². The summed E-state index contributed by atoms with van der Waals surface area (Å²) in [5, 5.41) is 0. The molecular formula is C7H8N2O2. The molecule has 1 rings (SSSR count). The van der Waals surface area contributed by atoms with E-state index in [-0.39, 0.29) is 5.56 Å². The van der Waals surface area contributed by atoms with Crippen LogP contribution in [0.15, 0.2) is 17.1 Å². The molecule has 0 aliphatic rings. The molecule has 0 unspecified atom stereocenters. The Morgan fingerprint density at radius 1 is 1.64 bits per heavy atom. The van der Waals surface area contributed by atoms with E-state index in [0.29, 0.717) is 11.1 Å². The number of aromatic nitrogens is 1. The van der Waals surface area contributed by atoms with Crippen LogP contribution in [0.3, 0.4) is 0 Å². The third-order valence-electron chi connectivity index (χ3n) is 1.40. The highest BCUT2D eigenvalue weighted by Gasteiger charge is 2.03. The number of carbonyl (C=O) groups is 1. The van der Waals surface area contributed by atoms with Crippen LogP contribution in [0.2, 0.25) is 0 Å². The Kier molecular flexibility index (Phi) is 1.76. The number of hydrogen-bond donors (Lipinski definition) is 2. The van der Waals surface area contributed by atoms with E-state index in [1.165, 1.54) is 12.3 Å². The lowest BCUT2D eigenvalue weighted by molar-refractivity contribution is 0.0999. The van der Waals surface area contributed by atoms with E-state index in [0.717, 1.165) is 0 Å². The second kappa shape index (κ2) is 2.57. The molecule has 0 saturated heterocycles. The van der Waals surface area contributed by atoms with Crippen molar-refractivity contribution in [3.05, 3.63) is 33.7 Å². The van der Waals surface area contributed by atoms with Crippen molar-refractivity contribution in [3.8, 4) is 0 Å². The molecular weight excluding hydrogens is 144 g/mol. The van der Waals surface area contributed by atoms with Crippen LogP contribution in [0.4, 0.5) is 0 Å². The summed E-state index contributed by atoms with van der Waals surface area (Å²) in [6, 6.07) is 1.33. The number of H-pyrrole nitrogens is 1. The highest BCUT2D eigenvalue weighted by atomic mass is 16.1. The quantitative estimate of drug-likeness (QED) is 0.583. The molecule has 58 valence electrons. The van der Waals surface area contributed by atoms with Crippen molar-refractivity contribution in [2.75, 3.05) is 0 Å². The molecule has 0 bridgehead atoms. The zero-order valence-electron chi connectivity index (χ0n) is 6.05. The first-order valence-electron chi connectivity index (χ1n) is 3.10. The summed E-state index contributed by atoms with van der Waals surface area (Å²) >= 11 is 0. The van der Waals surface area contributed by atoms with E-state index in [1.54, 1.807) is 6.92 Å². The second-order valence-corrected chi connectivity index (χ2v) is 2.26. The standard InChI is InChI=1S/C7H8N2O2/c1-4-2-6(10)9-3-5(4)7(8)11/h2-3H,1H3,(H2,8,11)(H,9,10). The van der Waals surface area contributed by atoms with Crippen LogP contribution in [-0.2, 0) is 0 Å². The average Bonchev–Trinajstić information content (AvgIpc) is 1.85. The predicted octanol–water partition coefficient (Wildman–Crippen LogP) is -0.218. The minimum absolute atomic E-state index is 0.229. The molecule has 4 nitrogen and oxygen atoms in total. The fourth-order valence-electron chi connectivity index (χ4n) is 0.839. The highest BCUT2D eigenvalue weighted by Crippen LogP contribution is 1.99. The Balaban J connectivity index is 3.31. The number of pyridine rings is 1. The molecule has 0 aliphatic carbocycles. The van der Waals surface area contributed by atoms with E-state index in [9.17, 15) is 9.59 Å². The SMILES string of the molecule is Cc1cc(=O)[nH]cc1C(N)=O. The molecule has 1 heterocycles. The number of primary amides is 1. The lowest BCUT2D eigenvalue weighted by Gasteiger charge is -1.97. The van der Waals surface area contributed by atoms with Gasteiger partial charge < -0.3 is 10.7 Å². The molecule has 0 spiro atoms. The van der Waals surface area contributed by atoms with Gasteiger partial charge in [0.2, 0.25) is 11.5 Å². The largest absolute Gasteiger partial charge is 0.366 e. The monoisotopic (exact) mass is 152 g/mol. The van der Waals surface area contributed by atoms with Gasteiger partial charge >= 0.3 is 0 Å². The summed E-state index contributed by atoms with van der Waals surface area (Å²) in [4.78, 5) is 23.7. The fraction of sp³-hybridized carbons (Fsp3) is 0.143. The van der Waals surface area contributed by atoms with Crippen molar-refractivity contribution in [3.63, 3.8) is 0 Å². The van der Waals surface area contributed by atoms with Crippen LogP contribution in [0.1, 0.15) is 15.9 Å². The van der Waals surface area contributed by atoms with Crippen molar-refractivity contribution >= 4 is 5.91 Å². The van der Waals surface area contributed by atoms with Gasteiger partial charge in [-0.1, -0.05) is 0 Å². The van der Waals surface area contributed by atoms with Gasteiger partial charge in [0.25, 0.3) is 0 Å². The maximum absolute atomic E-state index is 10.7. The molecule has 11 heavy (non-hydrogen) atoms. The van der Waals surface area contributed by atoms with Gasteiger partial charge in [-0.15, -0.1) is 0 Å². The van der Waals surface area contributed by atoms with Gasteiger partial charge in [0.1, 0.15) is 0 Å². The maximum atomic E-state index is 10.7. The van der Waals surface area contributed by atoms with Crippen LogP contribution in [-0.4, -0.2) is 10.9 Å². The zero-order chi connectivity index (χ0) is 8.43. The molecule has 1 aromatic heterocycles. The molecule has 0 saturated carbocycles. The van der Waals surface area contributed by atoms with Gasteiger partial charge in [-0.3, -0.25) is 9.59 Å². The lowest BCUT2D eigenvalue weighted by atomic mass is 10.1. The van der Waals surface area contributed by atoms with Crippen molar-refractivity contribution in [1.82, 2.24) is 4.98 Å². The number of aryl methyl sites for hydroxylation is 1. The first-order valence-corrected chi connectivity index (χ1v) is 3.10. The average molecular weight is 152 g/mol. The van der Waals surface area contributed by atoms with Gasteiger partial charge in [0, 0.05) is 12.3 Å².